The smallest absolute Gasteiger partial charge is 0.335 e. The number of carbonyl (C=O) groups excluding carboxylic acids is 1. The second kappa shape index (κ2) is 8.34. The topological polar surface area (TPSA) is 75.6 Å². The van der Waals surface area contributed by atoms with Gasteiger partial charge in [0.2, 0.25) is 5.91 Å². The first-order chi connectivity index (χ1) is 14.4. The molecule has 0 radical (unpaired) electrons. The molecule has 2 N–H and O–H groups in total. The molecule has 30 heavy (non-hydrogen) atoms. The van der Waals surface area contributed by atoms with Gasteiger partial charge in [-0.05, 0) is 85.4 Å². The number of hydrogen-bond donors (Lipinski definition) is 2. The molecule has 1 amide bonds. The number of carboxylic acid groups (broad SMARTS) is 1. The summed E-state index contributed by atoms with van der Waals surface area (Å²) in [5, 5.41) is 12.1. The summed E-state index contributed by atoms with van der Waals surface area (Å²) in [5.74, 6) is 0.766. The molecular weight excluding hydrogens is 378 g/mol. The van der Waals surface area contributed by atoms with E-state index < -0.39 is 5.97 Å². The molecule has 0 aromatic heterocycles. The fourth-order valence-corrected chi connectivity index (χ4v) is 4.92. The summed E-state index contributed by atoms with van der Waals surface area (Å²) in [7, 11) is 1.68. The molecule has 5 nitrogen and oxygen atoms in total. The minimum atomic E-state index is -0.949. The minimum absolute atomic E-state index is 0.0131. The largest absolute Gasteiger partial charge is 0.497 e. The zero-order valence-corrected chi connectivity index (χ0v) is 17.4. The summed E-state index contributed by atoms with van der Waals surface area (Å²) >= 11 is 0. The highest BCUT2D eigenvalue weighted by molar-refractivity contribution is 5.95. The fourth-order valence-electron chi connectivity index (χ4n) is 4.92. The van der Waals surface area contributed by atoms with E-state index in [1.54, 1.807) is 31.4 Å². The first kappa shape index (κ1) is 20.2. The van der Waals surface area contributed by atoms with Gasteiger partial charge in [-0.15, -0.1) is 0 Å². The number of aryl methyl sites for hydroxylation is 1. The maximum atomic E-state index is 13.1. The van der Waals surface area contributed by atoms with Gasteiger partial charge in [0, 0.05) is 12.1 Å². The van der Waals surface area contributed by atoms with E-state index in [0.717, 1.165) is 48.1 Å². The number of allylic oxidation sites excluding steroid dienone is 1. The highest BCUT2D eigenvalue weighted by Crippen LogP contribution is 2.49. The summed E-state index contributed by atoms with van der Waals surface area (Å²) in [6, 6.07) is 12.9. The Balaban J connectivity index is 1.51. The van der Waals surface area contributed by atoms with Gasteiger partial charge in [0.15, 0.2) is 0 Å². The Morgan fingerprint density at radius 1 is 1.07 bits per heavy atom. The van der Waals surface area contributed by atoms with Crippen LogP contribution >= 0.6 is 0 Å². The lowest BCUT2D eigenvalue weighted by atomic mass is 9.87. The number of nitrogens with one attached hydrogen (secondary N) is 1. The molecule has 0 saturated heterocycles. The summed E-state index contributed by atoms with van der Waals surface area (Å²) in [4.78, 5) is 24.1. The first-order valence-electron chi connectivity index (χ1n) is 10.4. The van der Waals surface area contributed by atoms with Crippen molar-refractivity contribution in [3.05, 3.63) is 75.9 Å². The van der Waals surface area contributed by atoms with Crippen molar-refractivity contribution in [3.8, 4) is 5.75 Å². The Morgan fingerprint density at radius 3 is 2.50 bits per heavy atom. The van der Waals surface area contributed by atoms with E-state index in [2.05, 4.69) is 24.4 Å². The quantitative estimate of drug-likeness (QED) is 0.721. The van der Waals surface area contributed by atoms with Crippen LogP contribution in [0.15, 0.2) is 53.6 Å². The average molecular weight is 405 g/mol. The van der Waals surface area contributed by atoms with Gasteiger partial charge >= 0.3 is 5.97 Å². The molecule has 0 spiro atoms. The first-order valence-corrected chi connectivity index (χ1v) is 10.4. The van der Waals surface area contributed by atoms with Crippen molar-refractivity contribution in [1.29, 1.82) is 0 Å². The molecule has 4 rings (SSSR count). The monoisotopic (exact) mass is 405 g/mol. The van der Waals surface area contributed by atoms with E-state index in [1.165, 1.54) is 11.1 Å². The Bertz CT molecular complexity index is 1010. The van der Waals surface area contributed by atoms with Crippen molar-refractivity contribution in [3.63, 3.8) is 0 Å². The molecule has 1 saturated carbocycles. The summed E-state index contributed by atoms with van der Waals surface area (Å²) < 4.78 is 5.42. The third-order valence-corrected chi connectivity index (χ3v) is 6.32. The number of hydrogen-bond acceptors (Lipinski definition) is 3. The molecule has 2 aliphatic rings. The molecule has 2 aromatic rings. The summed E-state index contributed by atoms with van der Waals surface area (Å²) in [6.07, 6.45) is 4.11. The lowest BCUT2D eigenvalue weighted by Crippen LogP contribution is -2.28. The molecule has 2 aromatic carbocycles. The maximum absolute atomic E-state index is 13.1. The zero-order valence-electron chi connectivity index (χ0n) is 17.4. The van der Waals surface area contributed by atoms with Gasteiger partial charge in [-0.2, -0.15) is 0 Å². The van der Waals surface area contributed by atoms with Gasteiger partial charge < -0.3 is 15.2 Å². The van der Waals surface area contributed by atoms with E-state index in [4.69, 9.17) is 9.84 Å². The van der Waals surface area contributed by atoms with Crippen molar-refractivity contribution in [2.24, 2.45) is 11.8 Å². The van der Waals surface area contributed by atoms with E-state index in [9.17, 15) is 9.59 Å². The van der Waals surface area contributed by atoms with Crippen LogP contribution in [0.1, 0.15) is 46.3 Å². The second-order valence-electron chi connectivity index (χ2n) is 8.37. The van der Waals surface area contributed by atoms with Gasteiger partial charge in [-0.3, -0.25) is 4.79 Å². The van der Waals surface area contributed by atoms with Crippen LogP contribution in [-0.2, 0) is 17.8 Å². The molecule has 156 valence electrons. The molecule has 2 bridgehead atoms. The molecule has 2 unspecified atom stereocenters. The number of carbonyl (C=O) groups is 2. The van der Waals surface area contributed by atoms with Crippen molar-refractivity contribution in [1.82, 2.24) is 5.32 Å². The van der Waals surface area contributed by atoms with Crippen molar-refractivity contribution >= 4 is 11.9 Å². The zero-order chi connectivity index (χ0) is 21.3. The predicted molar refractivity (Wildman–Crippen MR) is 115 cm³/mol. The molecule has 2 atom stereocenters. The number of rotatable bonds is 7. The standard InChI is InChI=1S/C25H27NO4/c1-15-9-17(11-21(10-15)30-2)12-22-19-7-8-20(13-19)23(22)24(27)26-14-16-3-5-18(6-4-16)25(28)29/h3-6,9-11,19-20H,7-8,12-14H2,1-2H3,(H,26,27)(H,28,29). The SMILES string of the molecule is COc1cc(C)cc(CC2=C(C(=O)NCc3ccc(C(=O)O)cc3)C3CCC2C3)c1. The van der Waals surface area contributed by atoms with Crippen LogP contribution in [0.5, 0.6) is 5.75 Å². The van der Waals surface area contributed by atoms with Gasteiger partial charge in [-0.25, -0.2) is 4.79 Å². The number of amides is 1. The molecular formula is C25H27NO4. The van der Waals surface area contributed by atoms with Crippen LogP contribution < -0.4 is 10.1 Å². The van der Waals surface area contributed by atoms with Gasteiger partial charge in [0.05, 0.1) is 12.7 Å². The van der Waals surface area contributed by atoms with Crippen LogP contribution in [0.4, 0.5) is 0 Å². The molecule has 5 heteroatoms. The third-order valence-electron chi connectivity index (χ3n) is 6.32. The number of benzene rings is 2. The van der Waals surface area contributed by atoms with Crippen LogP contribution in [0.2, 0.25) is 0 Å². The van der Waals surface area contributed by atoms with Crippen molar-refractivity contribution in [2.45, 2.75) is 39.2 Å². The van der Waals surface area contributed by atoms with Crippen LogP contribution in [-0.4, -0.2) is 24.1 Å². The van der Waals surface area contributed by atoms with Gasteiger partial charge in [-0.1, -0.05) is 23.8 Å². The highest BCUT2D eigenvalue weighted by Gasteiger charge is 2.41. The second-order valence-corrected chi connectivity index (χ2v) is 8.37. The Hall–Kier alpha value is -3.08. The highest BCUT2D eigenvalue weighted by atomic mass is 16.5. The molecule has 0 heterocycles. The maximum Gasteiger partial charge on any atom is 0.335 e. The Labute approximate surface area is 176 Å². The van der Waals surface area contributed by atoms with Crippen molar-refractivity contribution < 1.29 is 19.4 Å². The van der Waals surface area contributed by atoms with E-state index in [0.29, 0.717) is 18.4 Å². The Kier molecular flexibility index (Phi) is 5.62. The van der Waals surface area contributed by atoms with E-state index in [-0.39, 0.29) is 11.5 Å². The normalized spacial score (nSPS) is 19.8. The summed E-state index contributed by atoms with van der Waals surface area (Å²) in [5.41, 5.74) is 5.72. The number of carboxylic acids is 1. The number of ether oxygens (including phenoxy) is 1. The molecule has 1 fully saturated rings. The third kappa shape index (κ3) is 4.11. The number of aromatic carboxylic acids is 1. The molecule has 2 aliphatic carbocycles. The van der Waals surface area contributed by atoms with Gasteiger partial charge in [0.1, 0.15) is 5.75 Å². The number of methoxy groups -OCH3 is 1. The predicted octanol–water partition coefficient (Wildman–Crippen LogP) is 4.29. The Morgan fingerprint density at radius 2 is 1.80 bits per heavy atom. The van der Waals surface area contributed by atoms with Gasteiger partial charge in [0.25, 0.3) is 0 Å². The average Bonchev–Trinajstić information content (AvgIpc) is 3.33. The van der Waals surface area contributed by atoms with Crippen LogP contribution in [0, 0.1) is 18.8 Å². The lowest BCUT2D eigenvalue weighted by molar-refractivity contribution is -0.118. The summed E-state index contributed by atoms with van der Waals surface area (Å²) in [6.45, 7) is 2.45. The van der Waals surface area contributed by atoms with E-state index in [1.807, 2.05) is 6.07 Å². The minimum Gasteiger partial charge on any atom is -0.497 e. The fraction of sp³-hybridized carbons (Fsp3) is 0.360. The van der Waals surface area contributed by atoms with Crippen molar-refractivity contribution in [2.75, 3.05) is 7.11 Å². The van der Waals surface area contributed by atoms with Crippen LogP contribution in [0.3, 0.4) is 0 Å². The number of fused-ring (bicyclic) bond motifs is 2. The lowest BCUT2D eigenvalue weighted by Gasteiger charge is -2.20. The molecule has 0 aliphatic heterocycles. The van der Waals surface area contributed by atoms with E-state index >= 15 is 0 Å². The van der Waals surface area contributed by atoms with Crippen LogP contribution in [0.25, 0.3) is 0 Å².